The summed E-state index contributed by atoms with van der Waals surface area (Å²) in [5, 5.41) is -0.0811. The lowest BCUT2D eigenvalue weighted by Gasteiger charge is -2.15. The Hall–Kier alpha value is -0.983. The quantitative estimate of drug-likeness (QED) is 0.367. The van der Waals surface area contributed by atoms with Crippen LogP contribution in [0, 0.1) is 5.95 Å². The fourth-order valence-corrected chi connectivity index (χ4v) is 2.60. The van der Waals surface area contributed by atoms with Crippen molar-refractivity contribution in [2.24, 2.45) is 0 Å². The van der Waals surface area contributed by atoms with Crippen LogP contribution in [0.2, 0.25) is 31.0 Å². The summed E-state index contributed by atoms with van der Waals surface area (Å²) in [6, 6.07) is 2.78. The first-order chi connectivity index (χ1) is 8.87. The third-order valence-corrected chi connectivity index (χ3v) is 4.64. The van der Waals surface area contributed by atoms with Crippen LogP contribution in [0.1, 0.15) is 0 Å². The van der Waals surface area contributed by atoms with Gasteiger partial charge >= 0.3 is 0 Å². The summed E-state index contributed by atoms with van der Waals surface area (Å²) in [6.07, 6.45) is 1.73. The number of hydrogen-bond donors (Lipinski definition) is 0. The molecule has 0 amide bonds. The van der Waals surface area contributed by atoms with Crippen molar-refractivity contribution < 1.29 is 9.13 Å². The van der Waals surface area contributed by atoms with Crippen LogP contribution < -0.4 is 0 Å². The van der Waals surface area contributed by atoms with E-state index < -0.39 is 14.0 Å². The summed E-state index contributed by atoms with van der Waals surface area (Å²) in [4.78, 5) is 7.49. The monoisotopic (exact) mass is 301 g/mol. The lowest BCUT2D eigenvalue weighted by Crippen LogP contribution is -2.22. The van der Waals surface area contributed by atoms with Crippen molar-refractivity contribution in [1.29, 1.82) is 0 Å². The van der Waals surface area contributed by atoms with Crippen molar-refractivity contribution in [3.8, 4) is 0 Å². The van der Waals surface area contributed by atoms with Crippen LogP contribution in [0.4, 0.5) is 4.39 Å². The molecule has 19 heavy (non-hydrogen) atoms. The summed E-state index contributed by atoms with van der Waals surface area (Å²) in [5.74, 6) is -0.617. The molecular weight excluding hydrogens is 285 g/mol. The molecule has 0 N–H and O–H groups in total. The minimum absolute atomic E-state index is 0.0811. The number of nitrogens with zero attached hydrogens (tertiary/aromatic N) is 3. The molecule has 0 aliphatic rings. The van der Waals surface area contributed by atoms with Crippen LogP contribution in [0.25, 0.3) is 11.0 Å². The predicted octanol–water partition coefficient (Wildman–Crippen LogP) is 3.54. The Kier molecular flexibility index (Phi) is 4.22. The molecule has 104 valence electrons. The summed E-state index contributed by atoms with van der Waals surface area (Å²) in [7, 11) is -1.10. The molecule has 2 rings (SSSR count). The molecule has 0 aliphatic heterocycles. The van der Waals surface area contributed by atoms with Crippen molar-refractivity contribution in [3.05, 3.63) is 23.5 Å². The van der Waals surface area contributed by atoms with Crippen LogP contribution in [0.3, 0.4) is 0 Å². The molecule has 0 atom stereocenters. The second-order valence-electron chi connectivity index (χ2n) is 5.65. The van der Waals surface area contributed by atoms with Gasteiger partial charge in [0.25, 0.3) is 0 Å². The van der Waals surface area contributed by atoms with E-state index in [4.69, 9.17) is 16.3 Å². The maximum absolute atomic E-state index is 13.7. The Balaban J connectivity index is 2.06. The van der Waals surface area contributed by atoms with E-state index in [1.807, 2.05) is 0 Å². The number of halogens is 2. The molecule has 7 heteroatoms. The number of aromatic nitrogens is 3. The highest BCUT2D eigenvalue weighted by Crippen LogP contribution is 2.18. The topological polar surface area (TPSA) is 39.9 Å². The van der Waals surface area contributed by atoms with Gasteiger partial charge < -0.3 is 9.30 Å². The summed E-state index contributed by atoms with van der Waals surface area (Å²) in [6.45, 7) is 7.85. The maximum atomic E-state index is 13.7. The largest absolute Gasteiger partial charge is 0.361 e. The zero-order valence-corrected chi connectivity index (χ0v) is 13.0. The fourth-order valence-electron chi connectivity index (χ4n) is 1.68. The molecule has 0 bridgehead atoms. The maximum Gasteiger partial charge on any atom is 0.241 e. The molecule has 4 nitrogen and oxygen atoms in total. The summed E-state index contributed by atoms with van der Waals surface area (Å²) >= 11 is 5.61. The third kappa shape index (κ3) is 3.74. The van der Waals surface area contributed by atoms with E-state index >= 15 is 0 Å². The Morgan fingerprint density at radius 2 is 2.11 bits per heavy atom. The molecule has 0 aliphatic carbocycles. The van der Waals surface area contributed by atoms with Crippen LogP contribution >= 0.6 is 11.6 Å². The smallest absolute Gasteiger partial charge is 0.241 e. The van der Waals surface area contributed by atoms with Gasteiger partial charge in [-0.1, -0.05) is 19.6 Å². The second kappa shape index (κ2) is 5.56. The van der Waals surface area contributed by atoms with Gasteiger partial charge in [-0.15, -0.1) is 0 Å². The Morgan fingerprint density at radius 1 is 1.37 bits per heavy atom. The lowest BCUT2D eigenvalue weighted by molar-refractivity contribution is 0.0898. The first-order valence-electron chi connectivity index (χ1n) is 6.12. The standard InChI is InChI=1S/C12H17ClFN3OSi/c1-19(2,3)7-6-18-8-17-5-4-9-10(17)11(14)16-12(13)15-9/h4-5H,6-8H2,1-3H3. The first-order valence-corrected chi connectivity index (χ1v) is 10.2. The van der Waals surface area contributed by atoms with Crippen molar-refractivity contribution in [3.63, 3.8) is 0 Å². The SMILES string of the molecule is C[Si](C)(C)CCOCn1ccc2nc(Cl)nc(F)c21. The van der Waals surface area contributed by atoms with E-state index in [-0.39, 0.29) is 5.28 Å². The van der Waals surface area contributed by atoms with Gasteiger partial charge in [0.05, 0.1) is 5.52 Å². The third-order valence-electron chi connectivity index (χ3n) is 2.77. The van der Waals surface area contributed by atoms with E-state index in [1.54, 1.807) is 16.8 Å². The van der Waals surface area contributed by atoms with Gasteiger partial charge in [-0.3, -0.25) is 0 Å². The van der Waals surface area contributed by atoms with E-state index in [0.29, 0.717) is 24.4 Å². The molecule has 0 radical (unpaired) electrons. The number of ether oxygens (including phenoxy) is 1. The van der Waals surface area contributed by atoms with E-state index in [2.05, 4.69) is 29.6 Å². The van der Waals surface area contributed by atoms with Gasteiger partial charge in [-0.2, -0.15) is 9.37 Å². The Labute approximate surface area is 117 Å². The minimum atomic E-state index is -1.10. The highest BCUT2D eigenvalue weighted by molar-refractivity contribution is 6.76. The first kappa shape index (κ1) is 14.4. The van der Waals surface area contributed by atoms with Crippen molar-refractivity contribution in [2.75, 3.05) is 6.61 Å². The van der Waals surface area contributed by atoms with Crippen LogP contribution in [-0.2, 0) is 11.5 Å². The molecule has 0 fully saturated rings. The number of hydrogen-bond acceptors (Lipinski definition) is 3. The van der Waals surface area contributed by atoms with Gasteiger partial charge in [0.15, 0.2) is 0 Å². The van der Waals surface area contributed by atoms with Crippen LogP contribution in [0.5, 0.6) is 0 Å². The highest BCUT2D eigenvalue weighted by Gasteiger charge is 2.13. The van der Waals surface area contributed by atoms with E-state index in [1.165, 1.54) is 0 Å². The van der Waals surface area contributed by atoms with E-state index in [9.17, 15) is 4.39 Å². The highest BCUT2D eigenvalue weighted by atomic mass is 35.5. The van der Waals surface area contributed by atoms with Gasteiger partial charge in [0, 0.05) is 20.9 Å². The zero-order valence-electron chi connectivity index (χ0n) is 11.3. The predicted molar refractivity (Wildman–Crippen MR) is 76.6 cm³/mol. The second-order valence-corrected chi connectivity index (χ2v) is 11.6. The van der Waals surface area contributed by atoms with Crippen LogP contribution in [-0.4, -0.2) is 29.2 Å². The number of fused-ring (bicyclic) bond motifs is 1. The molecular formula is C12H17ClFN3OSi. The van der Waals surface area contributed by atoms with E-state index in [0.717, 1.165) is 6.04 Å². The van der Waals surface area contributed by atoms with Gasteiger partial charge in [0.1, 0.15) is 12.2 Å². The molecule has 0 unspecified atom stereocenters. The van der Waals surface area contributed by atoms with Gasteiger partial charge in [-0.05, 0) is 23.7 Å². The van der Waals surface area contributed by atoms with Crippen molar-refractivity contribution >= 4 is 30.7 Å². The summed E-state index contributed by atoms with van der Waals surface area (Å²) in [5.41, 5.74) is 0.823. The normalized spacial score (nSPS) is 12.3. The van der Waals surface area contributed by atoms with Crippen molar-refractivity contribution in [1.82, 2.24) is 14.5 Å². The molecule has 0 aromatic carbocycles. The Bertz CT molecular complexity index is 582. The molecule has 2 aromatic rings. The molecule has 0 spiro atoms. The van der Waals surface area contributed by atoms with Crippen molar-refractivity contribution in [2.45, 2.75) is 32.4 Å². The number of rotatable bonds is 5. The molecule has 2 heterocycles. The van der Waals surface area contributed by atoms with Crippen LogP contribution in [0.15, 0.2) is 12.3 Å². The van der Waals surface area contributed by atoms with Gasteiger partial charge in [0.2, 0.25) is 11.2 Å². The Morgan fingerprint density at radius 3 is 2.79 bits per heavy atom. The fraction of sp³-hybridized carbons (Fsp3) is 0.500. The average Bonchev–Trinajstić information content (AvgIpc) is 2.66. The molecule has 2 aromatic heterocycles. The average molecular weight is 302 g/mol. The molecule has 0 saturated heterocycles. The van der Waals surface area contributed by atoms with Gasteiger partial charge in [-0.25, -0.2) is 4.98 Å². The molecule has 0 saturated carbocycles. The zero-order chi connectivity index (χ0) is 14.0. The lowest BCUT2D eigenvalue weighted by atomic mass is 10.4. The summed E-state index contributed by atoms with van der Waals surface area (Å²) < 4.78 is 21.0. The minimum Gasteiger partial charge on any atom is -0.361 e.